The molecule has 1 rings (SSSR count). The maximum atomic E-state index is 5.68. The van der Waals surface area contributed by atoms with Crippen LogP contribution in [0.25, 0.3) is 0 Å². The third-order valence-electron chi connectivity index (χ3n) is 3.47. The van der Waals surface area contributed by atoms with Gasteiger partial charge in [-0.25, -0.2) is 10.8 Å². The third kappa shape index (κ3) is 4.84. The minimum atomic E-state index is 0.422. The van der Waals surface area contributed by atoms with Crippen molar-refractivity contribution in [1.82, 2.24) is 10.3 Å². The van der Waals surface area contributed by atoms with Crippen molar-refractivity contribution in [2.24, 2.45) is 16.8 Å². The van der Waals surface area contributed by atoms with Gasteiger partial charge in [0.2, 0.25) is 5.96 Å². The van der Waals surface area contributed by atoms with Crippen LogP contribution in [0.1, 0.15) is 59.8 Å². The second kappa shape index (κ2) is 7.62. The predicted molar refractivity (Wildman–Crippen MR) is 78.3 cm³/mol. The smallest absolute Gasteiger partial charge is 0.208 e. The van der Waals surface area contributed by atoms with Crippen LogP contribution in [0.5, 0.6) is 0 Å². The summed E-state index contributed by atoms with van der Waals surface area (Å²) in [6, 6.07) is 0.879. The van der Waals surface area contributed by atoms with Gasteiger partial charge < -0.3 is 4.90 Å². The van der Waals surface area contributed by atoms with Crippen molar-refractivity contribution in [2.45, 2.75) is 71.9 Å². The van der Waals surface area contributed by atoms with E-state index in [1.54, 1.807) is 0 Å². The summed E-state index contributed by atoms with van der Waals surface area (Å²) in [6.45, 7) is 9.83. The second-order valence-corrected chi connectivity index (χ2v) is 6.03. The highest BCUT2D eigenvalue weighted by molar-refractivity contribution is 5.79. The molecule has 0 aromatic carbocycles. The van der Waals surface area contributed by atoms with Crippen LogP contribution in [0.3, 0.4) is 0 Å². The van der Waals surface area contributed by atoms with Crippen LogP contribution >= 0.6 is 0 Å². The molecule has 0 spiro atoms. The third-order valence-corrected chi connectivity index (χ3v) is 3.47. The number of rotatable bonds is 4. The number of hydrogen-bond donors (Lipinski definition) is 2. The first-order chi connectivity index (χ1) is 8.54. The van der Waals surface area contributed by atoms with E-state index in [1.807, 2.05) is 0 Å². The van der Waals surface area contributed by atoms with Crippen LogP contribution in [0, 0.1) is 5.92 Å². The van der Waals surface area contributed by atoms with Gasteiger partial charge in [-0.2, -0.15) is 0 Å². The molecule has 106 valence electrons. The Bertz CT molecular complexity index is 255. The second-order valence-electron chi connectivity index (χ2n) is 6.03. The molecule has 0 amide bonds. The average molecular weight is 254 g/mol. The number of hydrazine groups is 1. The summed E-state index contributed by atoms with van der Waals surface area (Å²) in [6.07, 6.45) is 6.38. The average Bonchev–Trinajstić information content (AvgIpc) is 2.34. The molecule has 0 aromatic rings. The van der Waals surface area contributed by atoms with E-state index in [0.29, 0.717) is 18.0 Å². The number of guanidine groups is 1. The standard InChI is InChI=1S/C14H30N4/c1-11(2)10-18(12(3)4)14(17-15)16-13-8-6-5-7-9-13/h11-13H,5-10,15H2,1-4H3,(H,16,17). The van der Waals surface area contributed by atoms with Crippen LogP contribution in [0.15, 0.2) is 4.99 Å². The van der Waals surface area contributed by atoms with E-state index in [0.717, 1.165) is 12.5 Å². The molecule has 0 radical (unpaired) electrons. The number of nitrogens with two attached hydrogens (primary N) is 1. The zero-order valence-electron chi connectivity index (χ0n) is 12.4. The molecular formula is C14H30N4. The summed E-state index contributed by atoms with van der Waals surface area (Å²) < 4.78 is 0. The van der Waals surface area contributed by atoms with Gasteiger partial charge in [-0.3, -0.25) is 5.43 Å². The monoisotopic (exact) mass is 254 g/mol. The Morgan fingerprint density at radius 2 is 1.83 bits per heavy atom. The molecule has 0 heterocycles. The van der Waals surface area contributed by atoms with Crippen LogP contribution in [0.2, 0.25) is 0 Å². The Hall–Kier alpha value is -0.770. The lowest BCUT2D eigenvalue weighted by molar-refractivity contribution is 0.297. The molecule has 4 nitrogen and oxygen atoms in total. The Morgan fingerprint density at radius 1 is 1.22 bits per heavy atom. The van der Waals surface area contributed by atoms with Gasteiger partial charge in [-0.15, -0.1) is 0 Å². The number of hydrogen-bond acceptors (Lipinski definition) is 2. The zero-order chi connectivity index (χ0) is 13.5. The van der Waals surface area contributed by atoms with Gasteiger partial charge in [0, 0.05) is 12.6 Å². The van der Waals surface area contributed by atoms with E-state index in [-0.39, 0.29) is 0 Å². The fourth-order valence-electron chi connectivity index (χ4n) is 2.51. The molecule has 3 N–H and O–H groups in total. The molecule has 1 aliphatic carbocycles. The van der Waals surface area contributed by atoms with Crippen LogP contribution in [-0.4, -0.2) is 29.5 Å². The van der Waals surface area contributed by atoms with Crippen molar-refractivity contribution in [3.63, 3.8) is 0 Å². The topological polar surface area (TPSA) is 53.6 Å². The quantitative estimate of drug-likeness (QED) is 0.351. The van der Waals surface area contributed by atoms with Crippen molar-refractivity contribution in [3.8, 4) is 0 Å². The Morgan fingerprint density at radius 3 is 2.28 bits per heavy atom. The fraction of sp³-hybridized carbons (Fsp3) is 0.929. The lowest BCUT2D eigenvalue weighted by Gasteiger charge is -2.32. The molecule has 1 aliphatic rings. The Kier molecular flexibility index (Phi) is 6.47. The van der Waals surface area contributed by atoms with E-state index in [9.17, 15) is 0 Å². The highest BCUT2D eigenvalue weighted by Gasteiger charge is 2.19. The highest BCUT2D eigenvalue weighted by atomic mass is 15.4. The molecule has 0 atom stereocenters. The fourth-order valence-corrected chi connectivity index (χ4v) is 2.51. The van der Waals surface area contributed by atoms with E-state index in [2.05, 4.69) is 38.0 Å². The molecule has 4 heteroatoms. The first-order valence-electron chi connectivity index (χ1n) is 7.35. The van der Waals surface area contributed by atoms with Gasteiger partial charge in [0.05, 0.1) is 6.04 Å². The summed E-state index contributed by atoms with van der Waals surface area (Å²) in [5, 5.41) is 0. The van der Waals surface area contributed by atoms with Crippen molar-refractivity contribution < 1.29 is 0 Å². The first kappa shape index (κ1) is 15.3. The van der Waals surface area contributed by atoms with Crippen molar-refractivity contribution >= 4 is 5.96 Å². The first-order valence-corrected chi connectivity index (χ1v) is 7.35. The molecule has 0 saturated heterocycles. The highest BCUT2D eigenvalue weighted by Crippen LogP contribution is 2.20. The van der Waals surface area contributed by atoms with Gasteiger partial charge in [-0.1, -0.05) is 33.1 Å². The summed E-state index contributed by atoms with van der Waals surface area (Å²) in [4.78, 5) is 7.11. The lowest BCUT2D eigenvalue weighted by atomic mass is 9.96. The predicted octanol–water partition coefficient (Wildman–Crippen LogP) is 2.50. The summed E-state index contributed by atoms with van der Waals surface area (Å²) >= 11 is 0. The van der Waals surface area contributed by atoms with Crippen LogP contribution < -0.4 is 11.3 Å². The van der Waals surface area contributed by atoms with E-state index >= 15 is 0 Å². The summed E-state index contributed by atoms with van der Waals surface area (Å²) in [5.41, 5.74) is 2.81. The molecule has 0 bridgehead atoms. The van der Waals surface area contributed by atoms with E-state index in [4.69, 9.17) is 10.8 Å². The maximum absolute atomic E-state index is 5.68. The molecule has 0 aliphatic heterocycles. The molecule has 1 fully saturated rings. The normalized spacial score (nSPS) is 18.5. The largest absolute Gasteiger partial charge is 0.339 e. The zero-order valence-corrected chi connectivity index (χ0v) is 12.4. The van der Waals surface area contributed by atoms with Crippen molar-refractivity contribution in [1.29, 1.82) is 0 Å². The number of aliphatic imine (C=N–C) groups is 1. The van der Waals surface area contributed by atoms with Crippen LogP contribution in [0.4, 0.5) is 0 Å². The van der Waals surface area contributed by atoms with Crippen molar-refractivity contribution in [2.75, 3.05) is 6.54 Å². The Labute approximate surface area is 112 Å². The van der Waals surface area contributed by atoms with Gasteiger partial charge in [0.1, 0.15) is 0 Å². The molecule has 0 aromatic heterocycles. The minimum Gasteiger partial charge on any atom is -0.339 e. The van der Waals surface area contributed by atoms with Gasteiger partial charge >= 0.3 is 0 Å². The Balaban J connectivity index is 2.72. The van der Waals surface area contributed by atoms with E-state index in [1.165, 1.54) is 32.1 Å². The molecular weight excluding hydrogens is 224 g/mol. The van der Waals surface area contributed by atoms with Crippen molar-refractivity contribution in [3.05, 3.63) is 0 Å². The minimum absolute atomic E-state index is 0.422. The van der Waals surface area contributed by atoms with Crippen LogP contribution in [-0.2, 0) is 0 Å². The van der Waals surface area contributed by atoms with Gasteiger partial charge in [0.25, 0.3) is 0 Å². The molecule has 1 saturated carbocycles. The van der Waals surface area contributed by atoms with E-state index < -0.39 is 0 Å². The summed E-state index contributed by atoms with van der Waals surface area (Å²) in [5.74, 6) is 7.16. The maximum Gasteiger partial charge on any atom is 0.208 e. The molecule has 18 heavy (non-hydrogen) atoms. The van der Waals surface area contributed by atoms with Gasteiger partial charge in [0.15, 0.2) is 0 Å². The number of nitrogens with one attached hydrogen (secondary N) is 1. The number of nitrogens with zero attached hydrogens (tertiary/aromatic N) is 2. The summed E-state index contributed by atoms with van der Waals surface area (Å²) in [7, 11) is 0. The SMILES string of the molecule is CC(C)CN(C(=NC1CCCCC1)NN)C(C)C. The lowest BCUT2D eigenvalue weighted by Crippen LogP contribution is -2.50. The van der Waals surface area contributed by atoms with Gasteiger partial charge in [-0.05, 0) is 32.6 Å². The molecule has 0 unspecified atom stereocenters.